The number of carbonyl (C=O) groups is 1. The number of nitrogens with one attached hydrogen (secondary N) is 2. The third-order valence-corrected chi connectivity index (χ3v) is 2.49. The Kier molecular flexibility index (Phi) is 5.33. The molecule has 1 rings (SSSR count). The number of carbonyl (C=O) groups excluding carboxylic acids is 1. The third-order valence-electron chi connectivity index (χ3n) is 2.49. The van der Waals surface area contributed by atoms with E-state index in [-0.39, 0.29) is 17.0 Å². The Morgan fingerprint density at radius 2 is 2.10 bits per heavy atom. The van der Waals surface area contributed by atoms with Gasteiger partial charge in [0.2, 0.25) is 0 Å². The molecule has 0 radical (unpaired) electrons. The van der Waals surface area contributed by atoms with Gasteiger partial charge in [0.15, 0.2) is 0 Å². The van der Waals surface area contributed by atoms with Crippen molar-refractivity contribution in [1.82, 2.24) is 10.6 Å². The molecule has 1 amide bonds. The molecule has 4 heteroatoms. The van der Waals surface area contributed by atoms with Crippen LogP contribution in [-0.2, 0) is 11.3 Å². The third kappa shape index (κ3) is 5.57. The topological polar surface area (TPSA) is 64.9 Å². The van der Waals surface area contributed by atoms with Gasteiger partial charge in [-0.05, 0) is 33.3 Å². The molecule has 0 aromatic heterocycles. The Bertz CT molecular complexity index is 548. The average Bonchev–Trinajstić information content (AvgIpc) is 2.32. The van der Waals surface area contributed by atoms with Crippen LogP contribution in [0.2, 0.25) is 0 Å². The van der Waals surface area contributed by atoms with Crippen molar-refractivity contribution in [2.75, 3.05) is 0 Å². The fourth-order valence-corrected chi connectivity index (χ4v) is 1.65. The average molecular weight is 271 g/mol. The molecule has 0 aliphatic carbocycles. The highest BCUT2D eigenvalue weighted by Gasteiger charge is 2.16. The molecule has 20 heavy (non-hydrogen) atoms. The second kappa shape index (κ2) is 6.76. The first-order chi connectivity index (χ1) is 9.31. The second-order valence-corrected chi connectivity index (χ2v) is 5.74. The molecule has 0 saturated carbocycles. The zero-order chi connectivity index (χ0) is 15.2. The van der Waals surface area contributed by atoms with Crippen LogP contribution in [0.25, 0.3) is 0 Å². The zero-order valence-corrected chi connectivity index (χ0v) is 12.4. The predicted molar refractivity (Wildman–Crippen MR) is 79.6 cm³/mol. The molecule has 0 atom stereocenters. The molecule has 0 heterocycles. The van der Waals surface area contributed by atoms with Crippen LogP contribution in [0.5, 0.6) is 0 Å². The maximum atomic E-state index is 11.8. The molecule has 0 spiro atoms. The van der Waals surface area contributed by atoms with Crippen molar-refractivity contribution < 1.29 is 4.79 Å². The van der Waals surface area contributed by atoms with E-state index in [0.29, 0.717) is 6.54 Å². The first kappa shape index (κ1) is 15.8. The van der Waals surface area contributed by atoms with Gasteiger partial charge >= 0.3 is 0 Å². The zero-order valence-electron chi connectivity index (χ0n) is 12.4. The lowest BCUT2D eigenvalue weighted by Gasteiger charge is -2.20. The summed E-state index contributed by atoms with van der Waals surface area (Å²) < 4.78 is 0. The van der Waals surface area contributed by atoms with Crippen LogP contribution in [0.15, 0.2) is 36.0 Å². The van der Waals surface area contributed by atoms with E-state index in [4.69, 9.17) is 5.26 Å². The minimum atomic E-state index is -0.364. The molecule has 2 N–H and O–H groups in total. The highest BCUT2D eigenvalue weighted by Crippen LogP contribution is 2.04. The first-order valence-corrected chi connectivity index (χ1v) is 6.53. The summed E-state index contributed by atoms with van der Waals surface area (Å²) in [6.07, 6.45) is 1.46. The van der Waals surface area contributed by atoms with Crippen LogP contribution in [0.4, 0.5) is 0 Å². The number of nitrogens with zero attached hydrogens (tertiary/aromatic N) is 1. The van der Waals surface area contributed by atoms with Crippen molar-refractivity contribution in [2.45, 2.75) is 39.8 Å². The Morgan fingerprint density at radius 3 is 2.65 bits per heavy atom. The van der Waals surface area contributed by atoms with E-state index >= 15 is 0 Å². The van der Waals surface area contributed by atoms with Gasteiger partial charge in [0.1, 0.15) is 11.6 Å². The normalized spacial score (nSPS) is 11.7. The SMILES string of the molecule is Cc1cccc(CN/C=C(/C#N)C(=O)NC(C)(C)C)c1. The van der Waals surface area contributed by atoms with E-state index in [1.54, 1.807) is 0 Å². The van der Waals surface area contributed by atoms with E-state index < -0.39 is 0 Å². The minimum absolute atomic E-state index is 0.0765. The monoisotopic (exact) mass is 271 g/mol. The van der Waals surface area contributed by atoms with E-state index in [1.165, 1.54) is 11.8 Å². The van der Waals surface area contributed by atoms with E-state index in [0.717, 1.165) is 5.56 Å². The summed E-state index contributed by atoms with van der Waals surface area (Å²) in [5.74, 6) is -0.364. The van der Waals surface area contributed by atoms with Gasteiger partial charge in [-0.15, -0.1) is 0 Å². The summed E-state index contributed by atoms with van der Waals surface area (Å²) >= 11 is 0. The van der Waals surface area contributed by atoms with Gasteiger partial charge in [0.25, 0.3) is 5.91 Å². The number of amides is 1. The summed E-state index contributed by atoms with van der Waals surface area (Å²) in [5.41, 5.74) is 2.01. The molecule has 0 saturated heterocycles. The van der Waals surface area contributed by atoms with E-state index in [2.05, 4.69) is 16.7 Å². The fourth-order valence-electron chi connectivity index (χ4n) is 1.65. The van der Waals surface area contributed by atoms with Crippen LogP contribution in [0.1, 0.15) is 31.9 Å². The van der Waals surface area contributed by atoms with Crippen LogP contribution in [0, 0.1) is 18.3 Å². The Labute approximate surface area is 120 Å². The number of hydrogen-bond donors (Lipinski definition) is 2. The molecule has 0 bridgehead atoms. The molecule has 0 fully saturated rings. The summed E-state index contributed by atoms with van der Waals surface area (Å²) in [7, 11) is 0. The van der Waals surface area contributed by atoms with Crippen LogP contribution >= 0.6 is 0 Å². The quantitative estimate of drug-likeness (QED) is 0.653. The number of rotatable bonds is 4. The maximum Gasteiger partial charge on any atom is 0.263 e. The molecule has 0 aliphatic rings. The Balaban J connectivity index is 2.63. The van der Waals surface area contributed by atoms with Gasteiger partial charge in [-0.3, -0.25) is 4.79 Å². The Morgan fingerprint density at radius 1 is 1.40 bits per heavy atom. The van der Waals surface area contributed by atoms with Crippen molar-refractivity contribution in [2.24, 2.45) is 0 Å². The number of nitriles is 1. The van der Waals surface area contributed by atoms with Gasteiger partial charge in [0.05, 0.1) is 0 Å². The van der Waals surface area contributed by atoms with Crippen molar-refractivity contribution in [3.63, 3.8) is 0 Å². The molecule has 0 aliphatic heterocycles. The standard InChI is InChI=1S/C16H21N3O/c1-12-6-5-7-13(8-12)10-18-11-14(9-17)15(20)19-16(2,3)4/h5-8,11,18H,10H2,1-4H3,(H,19,20)/b14-11-. The van der Waals surface area contributed by atoms with E-state index in [1.807, 2.05) is 52.0 Å². The molecule has 106 valence electrons. The van der Waals surface area contributed by atoms with Gasteiger partial charge in [0, 0.05) is 18.3 Å². The fraction of sp³-hybridized carbons (Fsp3) is 0.375. The summed E-state index contributed by atoms with van der Waals surface area (Å²) in [5, 5.41) is 14.8. The molecule has 1 aromatic rings. The van der Waals surface area contributed by atoms with Gasteiger partial charge in [-0.2, -0.15) is 5.26 Å². The molecule has 1 aromatic carbocycles. The molecular formula is C16H21N3O. The second-order valence-electron chi connectivity index (χ2n) is 5.74. The molecule has 4 nitrogen and oxygen atoms in total. The first-order valence-electron chi connectivity index (χ1n) is 6.53. The van der Waals surface area contributed by atoms with Gasteiger partial charge < -0.3 is 10.6 Å². The lowest BCUT2D eigenvalue weighted by molar-refractivity contribution is -0.118. The van der Waals surface area contributed by atoms with Gasteiger partial charge in [-0.1, -0.05) is 29.8 Å². The Hall–Kier alpha value is -2.28. The van der Waals surface area contributed by atoms with Crippen LogP contribution in [0.3, 0.4) is 0 Å². The highest BCUT2D eigenvalue weighted by molar-refractivity contribution is 5.97. The summed E-state index contributed by atoms with van der Waals surface area (Å²) in [6.45, 7) is 8.23. The van der Waals surface area contributed by atoms with Crippen molar-refractivity contribution >= 4 is 5.91 Å². The van der Waals surface area contributed by atoms with Crippen molar-refractivity contribution in [3.05, 3.63) is 47.2 Å². The van der Waals surface area contributed by atoms with Crippen LogP contribution in [-0.4, -0.2) is 11.4 Å². The summed E-state index contributed by atoms with van der Waals surface area (Å²) in [4.78, 5) is 11.8. The lowest BCUT2D eigenvalue weighted by atomic mass is 10.1. The minimum Gasteiger partial charge on any atom is -0.386 e. The molecule has 0 unspecified atom stereocenters. The number of hydrogen-bond acceptors (Lipinski definition) is 3. The van der Waals surface area contributed by atoms with Gasteiger partial charge in [-0.25, -0.2) is 0 Å². The van der Waals surface area contributed by atoms with Crippen molar-refractivity contribution in [1.29, 1.82) is 5.26 Å². The van der Waals surface area contributed by atoms with Crippen LogP contribution < -0.4 is 10.6 Å². The molecular weight excluding hydrogens is 250 g/mol. The summed E-state index contributed by atoms with van der Waals surface area (Å²) in [6, 6.07) is 9.97. The predicted octanol–water partition coefficient (Wildman–Crippen LogP) is 2.41. The largest absolute Gasteiger partial charge is 0.386 e. The van der Waals surface area contributed by atoms with Crippen molar-refractivity contribution in [3.8, 4) is 6.07 Å². The maximum absolute atomic E-state index is 11.8. The highest BCUT2D eigenvalue weighted by atomic mass is 16.1. The number of benzene rings is 1. The smallest absolute Gasteiger partial charge is 0.263 e. The number of aryl methyl sites for hydroxylation is 1. The lowest BCUT2D eigenvalue weighted by Crippen LogP contribution is -2.41. The van der Waals surface area contributed by atoms with E-state index in [9.17, 15) is 4.79 Å².